The highest BCUT2D eigenvalue weighted by atomic mass is 35.5. The first-order valence-electron chi connectivity index (χ1n) is 5.50. The zero-order valence-electron chi connectivity index (χ0n) is 9.79. The van der Waals surface area contributed by atoms with Crippen LogP contribution in [0.3, 0.4) is 0 Å². The van der Waals surface area contributed by atoms with Crippen LogP contribution in [-0.2, 0) is 11.2 Å². The number of alkyl halides is 1. The number of nitrogens with one attached hydrogen (secondary N) is 1. The number of hydrogen-bond acceptors (Lipinski definition) is 1. The molecule has 0 radical (unpaired) electrons. The van der Waals surface area contributed by atoms with E-state index >= 15 is 0 Å². The quantitative estimate of drug-likeness (QED) is 0.787. The molecule has 1 rings (SSSR count). The molecule has 1 N–H and O–H groups in total. The van der Waals surface area contributed by atoms with Gasteiger partial charge in [-0.2, -0.15) is 0 Å². The minimum atomic E-state index is -0.298. The van der Waals surface area contributed by atoms with Crippen LogP contribution < -0.4 is 5.32 Å². The third-order valence-corrected chi connectivity index (χ3v) is 3.31. The fraction of sp³-hybridized carbons (Fsp3) is 0.462. The molecule has 0 saturated heterocycles. The molecule has 0 heterocycles. The normalized spacial score (nSPS) is 14.2. The summed E-state index contributed by atoms with van der Waals surface area (Å²) in [6.45, 7) is 3.98. The number of amides is 1. The second kappa shape index (κ2) is 5.90. The lowest BCUT2D eigenvalue weighted by atomic mass is 10.0. The molecule has 1 atom stereocenters. The number of rotatable bonds is 5. The maximum absolute atomic E-state index is 11.8. The van der Waals surface area contributed by atoms with E-state index in [4.69, 9.17) is 11.6 Å². The van der Waals surface area contributed by atoms with Gasteiger partial charge in [0, 0.05) is 5.88 Å². The third-order valence-electron chi connectivity index (χ3n) is 2.72. The van der Waals surface area contributed by atoms with Crippen LogP contribution >= 0.6 is 11.6 Å². The molecule has 1 amide bonds. The van der Waals surface area contributed by atoms with Crippen LogP contribution in [0.4, 0.5) is 0 Å². The molecule has 0 aliphatic carbocycles. The molecule has 0 bridgehead atoms. The summed E-state index contributed by atoms with van der Waals surface area (Å²) in [6.07, 6.45) is 1.24. The van der Waals surface area contributed by atoms with Crippen molar-refractivity contribution in [2.75, 3.05) is 5.88 Å². The standard InChI is InChI=1S/C13H18ClNO/c1-3-13(2,10-14)15-12(16)9-11-7-5-4-6-8-11/h4-8H,3,9-10H2,1-2H3,(H,15,16). The van der Waals surface area contributed by atoms with Gasteiger partial charge in [-0.05, 0) is 18.9 Å². The Hall–Kier alpha value is -1.02. The van der Waals surface area contributed by atoms with Gasteiger partial charge >= 0.3 is 0 Å². The molecular formula is C13H18ClNO. The Morgan fingerprint density at radius 1 is 1.38 bits per heavy atom. The minimum absolute atomic E-state index is 0.0243. The first kappa shape index (κ1) is 13.0. The molecule has 0 aliphatic rings. The molecule has 1 aromatic rings. The number of carbonyl (C=O) groups is 1. The zero-order chi connectivity index (χ0) is 12.0. The fourth-order valence-electron chi connectivity index (χ4n) is 1.38. The summed E-state index contributed by atoms with van der Waals surface area (Å²) in [5, 5.41) is 2.97. The lowest BCUT2D eigenvalue weighted by Crippen LogP contribution is -2.47. The summed E-state index contributed by atoms with van der Waals surface area (Å²) in [4.78, 5) is 11.8. The average molecular weight is 240 g/mol. The van der Waals surface area contributed by atoms with E-state index in [2.05, 4.69) is 5.32 Å². The molecule has 0 aliphatic heterocycles. The predicted octanol–water partition coefficient (Wildman–Crippen LogP) is 2.75. The second-order valence-corrected chi connectivity index (χ2v) is 4.53. The van der Waals surface area contributed by atoms with Crippen molar-refractivity contribution < 1.29 is 4.79 Å². The number of halogens is 1. The summed E-state index contributed by atoms with van der Waals surface area (Å²) in [7, 11) is 0. The molecule has 2 nitrogen and oxygen atoms in total. The Labute approximate surface area is 102 Å². The van der Waals surface area contributed by atoms with E-state index in [0.717, 1.165) is 12.0 Å². The molecule has 1 aromatic carbocycles. The van der Waals surface area contributed by atoms with Gasteiger partial charge < -0.3 is 5.32 Å². The van der Waals surface area contributed by atoms with Crippen molar-refractivity contribution >= 4 is 17.5 Å². The number of hydrogen-bond donors (Lipinski definition) is 1. The fourth-order valence-corrected chi connectivity index (χ4v) is 1.63. The summed E-state index contributed by atoms with van der Waals surface area (Å²) < 4.78 is 0. The summed E-state index contributed by atoms with van der Waals surface area (Å²) in [6, 6.07) is 9.70. The lowest BCUT2D eigenvalue weighted by molar-refractivity contribution is -0.122. The van der Waals surface area contributed by atoms with Crippen LogP contribution in [0, 0.1) is 0 Å². The van der Waals surface area contributed by atoms with Gasteiger partial charge in [-0.25, -0.2) is 0 Å². The van der Waals surface area contributed by atoms with Gasteiger partial charge in [0.25, 0.3) is 0 Å². The third kappa shape index (κ3) is 3.86. The van der Waals surface area contributed by atoms with Gasteiger partial charge in [0.2, 0.25) is 5.91 Å². The van der Waals surface area contributed by atoms with Crippen LogP contribution in [0.2, 0.25) is 0 Å². The van der Waals surface area contributed by atoms with Crippen LogP contribution in [0.5, 0.6) is 0 Å². The number of carbonyl (C=O) groups excluding carboxylic acids is 1. The summed E-state index contributed by atoms with van der Waals surface area (Å²) in [5.41, 5.74) is 0.723. The average Bonchev–Trinajstić information content (AvgIpc) is 2.30. The highest BCUT2D eigenvalue weighted by molar-refractivity contribution is 6.18. The maximum atomic E-state index is 11.8. The summed E-state index contributed by atoms with van der Waals surface area (Å²) >= 11 is 5.84. The van der Waals surface area contributed by atoms with Crippen molar-refractivity contribution in [1.29, 1.82) is 0 Å². The first-order valence-corrected chi connectivity index (χ1v) is 6.04. The minimum Gasteiger partial charge on any atom is -0.349 e. The number of benzene rings is 1. The van der Waals surface area contributed by atoms with Gasteiger partial charge in [0.05, 0.1) is 12.0 Å². The van der Waals surface area contributed by atoms with E-state index in [-0.39, 0.29) is 11.4 Å². The molecular weight excluding hydrogens is 222 g/mol. The van der Waals surface area contributed by atoms with Crippen molar-refractivity contribution in [1.82, 2.24) is 5.32 Å². The van der Waals surface area contributed by atoms with E-state index < -0.39 is 0 Å². The van der Waals surface area contributed by atoms with Crippen molar-refractivity contribution in [3.05, 3.63) is 35.9 Å². The Morgan fingerprint density at radius 2 is 2.00 bits per heavy atom. The zero-order valence-corrected chi connectivity index (χ0v) is 10.6. The predicted molar refractivity (Wildman–Crippen MR) is 67.7 cm³/mol. The molecule has 3 heteroatoms. The smallest absolute Gasteiger partial charge is 0.224 e. The largest absolute Gasteiger partial charge is 0.349 e. The molecule has 1 unspecified atom stereocenters. The molecule has 0 aromatic heterocycles. The highest BCUT2D eigenvalue weighted by Gasteiger charge is 2.22. The molecule has 16 heavy (non-hydrogen) atoms. The Balaban J connectivity index is 2.54. The van der Waals surface area contributed by atoms with E-state index in [1.54, 1.807) is 0 Å². The van der Waals surface area contributed by atoms with E-state index in [1.807, 2.05) is 44.2 Å². The molecule has 0 fully saturated rings. The van der Waals surface area contributed by atoms with Crippen LogP contribution in [0.15, 0.2) is 30.3 Å². The highest BCUT2D eigenvalue weighted by Crippen LogP contribution is 2.11. The van der Waals surface area contributed by atoms with Gasteiger partial charge in [-0.3, -0.25) is 4.79 Å². The van der Waals surface area contributed by atoms with Crippen LogP contribution in [0.1, 0.15) is 25.8 Å². The monoisotopic (exact) mass is 239 g/mol. The van der Waals surface area contributed by atoms with Crippen LogP contribution in [0.25, 0.3) is 0 Å². The van der Waals surface area contributed by atoms with Gasteiger partial charge in [-0.1, -0.05) is 37.3 Å². The molecule has 88 valence electrons. The van der Waals surface area contributed by atoms with Crippen molar-refractivity contribution in [2.24, 2.45) is 0 Å². The van der Waals surface area contributed by atoms with Gasteiger partial charge in [-0.15, -0.1) is 11.6 Å². The van der Waals surface area contributed by atoms with Gasteiger partial charge in [0.15, 0.2) is 0 Å². The lowest BCUT2D eigenvalue weighted by Gasteiger charge is -2.27. The SMILES string of the molecule is CCC(C)(CCl)NC(=O)Cc1ccccc1. The summed E-state index contributed by atoms with van der Waals surface area (Å²) in [5.74, 6) is 0.459. The Morgan fingerprint density at radius 3 is 2.50 bits per heavy atom. The van der Waals surface area contributed by atoms with Crippen molar-refractivity contribution in [3.8, 4) is 0 Å². The van der Waals surface area contributed by atoms with E-state index in [1.165, 1.54) is 0 Å². The van der Waals surface area contributed by atoms with Crippen molar-refractivity contribution in [2.45, 2.75) is 32.2 Å². The second-order valence-electron chi connectivity index (χ2n) is 4.26. The van der Waals surface area contributed by atoms with Gasteiger partial charge in [0.1, 0.15) is 0 Å². The Bertz CT molecular complexity index is 333. The van der Waals surface area contributed by atoms with Crippen molar-refractivity contribution in [3.63, 3.8) is 0 Å². The van der Waals surface area contributed by atoms with Crippen LogP contribution in [-0.4, -0.2) is 17.3 Å². The van der Waals surface area contributed by atoms with E-state index in [0.29, 0.717) is 12.3 Å². The maximum Gasteiger partial charge on any atom is 0.224 e. The van der Waals surface area contributed by atoms with E-state index in [9.17, 15) is 4.79 Å². The first-order chi connectivity index (χ1) is 7.59. The molecule has 0 spiro atoms. The molecule has 0 saturated carbocycles. The topological polar surface area (TPSA) is 29.1 Å². The Kier molecular flexibility index (Phi) is 4.81.